The zero-order valence-electron chi connectivity index (χ0n) is 10.1. The van der Waals surface area contributed by atoms with Gasteiger partial charge in [-0.3, -0.25) is 4.79 Å². The Morgan fingerprint density at radius 1 is 1.39 bits per heavy atom. The lowest BCUT2D eigenvalue weighted by molar-refractivity contribution is 0.0256. The van der Waals surface area contributed by atoms with Gasteiger partial charge in [-0.2, -0.15) is 0 Å². The van der Waals surface area contributed by atoms with Crippen molar-refractivity contribution >= 4 is 27.9 Å². The molecule has 0 bridgehead atoms. The van der Waals surface area contributed by atoms with E-state index in [1.54, 1.807) is 0 Å². The molecule has 4 heteroatoms. The third kappa shape index (κ3) is 2.08. The summed E-state index contributed by atoms with van der Waals surface area (Å²) in [4.78, 5) is 13.2. The molecule has 1 aliphatic heterocycles. The molecule has 2 unspecified atom stereocenters. The summed E-state index contributed by atoms with van der Waals surface area (Å²) in [5.41, 5.74) is 1.89. The maximum atomic E-state index is 10.8. The van der Waals surface area contributed by atoms with E-state index in [1.807, 2.05) is 18.2 Å². The van der Waals surface area contributed by atoms with Crippen molar-refractivity contribution in [3.63, 3.8) is 0 Å². The largest absolute Gasteiger partial charge is 0.374 e. The van der Waals surface area contributed by atoms with E-state index in [2.05, 4.69) is 20.8 Å². The SMILES string of the molecule is O=Cc1ccc(N2CCOC3CCCC32)c(Br)c1. The van der Waals surface area contributed by atoms with Crippen LogP contribution in [-0.2, 0) is 4.74 Å². The van der Waals surface area contributed by atoms with Crippen LogP contribution in [0.15, 0.2) is 22.7 Å². The first-order valence-corrected chi connectivity index (χ1v) is 7.22. The van der Waals surface area contributed by atoms with Gasteiger partial charge < -0.3 is 9.64 Å². The van der Waals surface area contributed by atoms with Crippen LogP contribution in [0.2, 0.25) is 0 Å². The molecule has 96 valence electrons. The first kappa shape index (κ1) is 12.2. The predicted octanol–water partition coefficient (Wildman–Crippen LogP) is 3.02. The van der Waals surface area contributed by atoms with E-state index in [-0.39, 0.29) is 0 Å². The number of carbonyl (C=O) groups excluding carboxylic acids is 1. The average molecular weight is 310 g/mol. The second-order valence-electron chi connectivity index (χ2n) is 4.93. The molecule has 0 radical (unpaired) electrons. The van der Waals surface area contributed by atoms with E-state index in [0.717, 1.165) is 23.9 Å². The molecule has 3 nitrogen and oxygen atoms in total. The smallest absolute Gasteiger partial charge is 0.150 e. The van der Waals surface area contributed by atoms with Gasteiger partial charge in [0, 0.05) is 16.6 Å². The Hall–Kier alpha value is -0.870. The number of hydrogen-bond donors (Lipinski definition) is 0. The molecular weight excluding hydrogens is 294 g/mol. The van der Waals surface area contributed by atoms with E-state index >= 15 is 0 Å². The summed E-state index contributed by atoms with van der Waals surface area (Å²) < 4.78 is 6.82. The van der Waals surface area contributed by atoms with Crippen molar-refractivity contribution in [2.75, 3.05) is 18.1 Å². The number of benzene rings is 1. The van der Waals surface area contributed by atoms with Crippen LogP contribution in [0.3, 0.4) is 0 Å². The van der Waals surface area contributed by atoms with Gasteiger partial charge in [-0.05, 0) is 53.4 Å². The molecule has 2 fully saturated rings. The molecule has 2 atom stereocenters. The Morgan fingerprint density at radius 2 is 2.28 bits per heavy atom. The number of rotatable bonds is 2. The Labute approximate surface area is 115 Å². The highest BCUT2D eigenvalue weighted by Gasteiger charge is 2.36. The summed E-state index contributed by atoms with van der Waals surface area (Å²) in [7, 11) is 0. The normalized spacial score (nSPS) is 27.1. The molecule has 3 rings (SSSR count). The number of carbonyl (C=O) groups is 1. The standard InChI is InChI=1S/C14H16BrNO2/c15-11-8-10(9-17)4-5-12(11)16-6-7-18-14-3-1-2-13(14)16/h4-5,8-9,13-14H,1-3,6-7H2. The van der Waals surface area contributed by atoms with E-state index in [4.69, 9.17) is 4.74 Å². The lowest BCUT2D eigenvalue weighted by Gasteiger charge is -2.39. The van der Waals surface area contributed by atoms with Gasteiger partial charge in [-0.1, -0.05) is 0 Å². The minimum absolute atomic E-state index is 0.386. The van der Waals surface area contributed by atoms with Crippen LogP contribution in [-0.4, -0.2) is 31.6 Å². The molecule has 1 heterocycles. The van der Waals surface area contributed by atoms with Crippen LogP contribution in [0.1, 0.15) is 29.6 Å². The minimum atomic E-state index is 0.386. The Kier molecular flexibility index (Phi) is 3.39. The number of fused-ring (bicyclic) bond motifs is 1. The maximum absolute atomic E-state index is 10.8. The summed E-state index contributed by atoms with van der Waals surface area (Å²) >= 11 is 3.58. The molecule has 1 saturated heterocycles. The molecule has 1 saturated carbocycles. The fraction of sp³-hybridized carbons (Fsp3) is 0.500. The lowest BCUT2D eigenvalue weighted by Crippen LogP contribution is -2.48. The van der Waals surface area contributed by atoms with Gasteiger partial charge in [0.1, 0.15) is 6.29 Å². The molecule has 0 amide bonds. The minimum Gasteiger partial charge on any atom is -0.374 e. The Morgan fingerprint density at radius 3 is 3.06 bits per heavy atom. The number of nitrogens with zero attached hydrogens (tertiary/aromatic N) is 1. The van der Waals surface area contributed by atoms with Crippen molar-refractivity contribution in [1.29, 1.82) is 0 Å². The summed E-state index contributed by atoms with van der Waals surface area (Å²) in [5, 5.41) is 0. The lowest BCUT2D eigenvalue weighted by atomic mass is 10.1. The second kappa shape index (κ2) is 5.02. The monoisotopic (exact) mass is 309 g/mol. The molecule has 2 aliphatic rings. The van der Waals surface area contributed by atoms with Crippen LogP contribution < -0.4 is 4.90 Å². The van der Waals surface area contributed by atoms with Crippen molar-refractivity contribution in [3.8, 4) is 0 Å². The van der Waals surface area contributed by atoms with Gasteiger partial charge in [-0.25, -0.2) is 0 Å². The van der Waals surface area contributed by atoms with Crippen LogP contribution in [0, 0.1) is 0 Å². The number of halogens is 1. The van der Waals surface area contributed by atoms with Gasteiger partial charge in [0.05, 0.1) is 24.4 Å². The van der Waals surface area contributed by atoms with Gasteiger partial charge in [-0.15, -0.1) is 0 Å². The molecule has 18 heavy (non-hydrogen) atoms. The number of ether oxygens (including phenoxy) is 1. The van der Waals surface area contributed by atoms with Gasteiger partial charge in [0.2, 0.25) is 0 Å². The number of morpholine rings is 1. The van der Waals surface area contributed by atoms with E-state index in [0.29, 0.717) is 17.7 Å². The van der Waals surface area contributed by atoms with Gasteiger partial charge in [0.15, 0.2) is 0 Å². The zero-order chi connectivity index (χ0) is 12.5. The highest BCUT2D eigenvalue weighted by Crippen LogP contribution is 2.36. The third-order valence-corrected chi connectivity index (χ3v) is 4.53. The topological polar surface area (TPSA) is 29.5 Å². The van der Waals surface area contributed by atoms with Crippen LogP contribution in [0.4, 0.5) is 5.69 Å². The fourth-order valence-electron chi connectivity index (χ4n) is 3.05. The number of hydrogen-bond acceptors (Lipinski definition) is 3. The molecule has 0 spiro atoms. The first-order chi connectivity index (χ1) is 8.79. The second-order valence-corrected chi connectivity index (χ2v) is 5.78. The zero-order valence-corrected chi connectivity index (χ0v) is 11.7. The van der Waals surface area contributed by atoms with Crippen molar-refractivity contribution in [3.05, 3.63) is 28.2 Å². The summed E-state index contributed by atoms with van der Waals surface area (Å²) in [5.74, 6) is 0. The highest BCUT2D eigenvalue weighted by atomic mass is 79.9. The highest BCUT2D eigenvalue weighted by molar-refractivity contribution is 9.10. The van der Waals surface area contributed by atoms with Crippen LogP contribution >= 0.6 is 15.9 Å². The molecular formula is C14H16BrNO2. The van der Waals surface area contributed by atoms with Gasteiger partial charge >= 0.3 is 0 Å². The fourth-order valence-corrected chi connectivity index (χ4v) is 3.68. The van der Waals surface area contributed by atoms with E-state index < -0.39 is 0 Å². The molecule has 1 aromatic carbocycles. The molecule has 1 aliphatic carbocycles. The molecule has 0 N–H and O–H groups in total. The van der Waals surface area contributed by atoms with Gasteiger partial charge in [0.25, 0.3) is 0 Å². The van der Waals surface area contributed by atoms with Crippen molar-refractivity contribution in [2.45, 2.75) is 31.4 Å². The molecule has 0 aromatic heterocycles. The van der Waals surface area contributed by atoms with E-state index in [1.165, 1.54) is 24.9 Å². The average Bonchev–Trinajstić information content (AvgIpc) is 2.87. The van der Waals surface area contributed by atoms with Crippen molar-refractivity contribution in [1.82, 2.24) is 0 Å². The quantitative estimate of drug-likeness (QED) is 0.787. The van der Waals surface area contributed by atoms with Crippen LogP contribution in [0.5, 0.6) is 0 Å². The van der Waals surface area contributed by atoms with Crippen LogP contribution in [0.25, 0.3) is 0 Å². The van der Waals surface area contributed by atoms with Crippen molar-refractivity contribution in [2.24, 2.45) is 0 Å². The molecule has 1 aromatic rings. The number of anilines is 1. The maximum Gasteiger partial charge on any atom is 0.150 e. The summed E-state index contributed by atoms with van der Waals surface area (Å²) in [6.45, 7) is 1.73. The first-order valence-electron chi connectivity index (χ1n) is 6.42. The van der Waals surface area contributed by atoms with E-state index in [9.17, 15) is 4.79 Å². The predicted molar refractivity (Wildman–Crippen MR) is 74.3 cm³/mol. The Bertz CT molecular complexity index is 463. The third-order valence-electron chi connectivity index (χ3n) is 3.90. The van der Waals surface area contributed by atoms with Crippen molar-refractivity contribution < 1.29 is 9.53 Å². The number of aldehydes is 1. The summed E-state index contributed by atoms with van der Waals surface area (Å²) in [6, 6.07) is 6.31. The Balaban J connectivity index is 1.91. The summed E-state index contributed by atoms with van der Waals surface area (Å²) in [6.07, 6.45) is 4.89.